The molecule has 2 aromatic carbocycles. The summed E-state index contributed by atoms with van der Waals surface area (Å²) < 4.78 is 6.11. The molecule has 0 saturated carbocycles. The quantitative estimate of drug-likeness (QED) is 0.367. The van der Waals surface area contributed by atoms with E-state index in [4.69, 9.17) is 4.74 Å². The second-order valence-corrected chi connectivity index (χ2v) is 8.26. The Labute approximate surface area is 181 Å². The Morgan fingerprint density at radius 2 is 1.90 bits per heavy atom. The molecule has 6 nitrogen and oxygen atoms in total. The van der Waals surface area contributed by atoms with Crippen LogP contribution in [0.25, 0.3) is 6.08 Å². The third-order valence-corrected chi connectivity index (χ3v) is 5.59. The van der Waals surface area contributed by atoms with Crippen LogP contribution in [-0.2, 0) is 6.42 Å². The third-order valence-electron chi connectivity index (χ3n) is 5.59. The monoisotopic (exact) mass is 424 g/mol. The topological polar surface area (TPSA) is 107 Å². The van der Waals surface area contributed by atoms with Gasteiger partial charge in [-0.25, -0.2) is 0 Å². The lowest BCUT2D eigenvalue weighted by Gasteiger charge is -2.33. The first-order chi connectivity index (χ1) is 14.6. The summed E-state index contributed by atoms with van der Waals surface area (Å²) in [4.78, 5) is 12.5. The minimum absolute atomic E-state index is 0.0114. The molecule has 6 heteroatoms. The van der Waals surface area contributed by atoms with Crippen LogP contribution in [0.1, 0.15) is 54.6 Å². The van der Waals surface area contributed by atoms with E-state index in [1.54, 1.807) is 19.1 Å². The second-order valence-electron chi connectivity index (χ2n) is 8.26. The summed E-state index contributed by atoms with van der Waals surface area (Å²) in [5.74, 6) is -0.250. The number of benzene rings is 2. The number of aryl methyl sites for hydroxylation is 1. The summed E-state index contributed by atoms with van der Waals surface area (Å²) in [6.07, 6.45) is 4.72. The number of rotatable bonds is 8. The van der Waals surface area contributed by atoms with E-state index in [2.05, 4.69) is 6.58 Å². The molecule has 2 unspecified atom stereocenters. The number of phenolic OH excluding ortho intramolecular Hbond substituents is 3. The van der Waals surface area contributed by atoms with Crippen LogP contribution in [0.5, 0.6) is 23.0 Å². The number of ether oxygens (including phenoxy) is 1. The molecule has 4 N–H and O–H groups in total. The number of aromatic hydroxyl groups is 3. The summed E-state index contributed by atoms with van der Waals surface area (Å²) in [7, 11) is 0. The van der Waals surface area contributed by atoms with Crippen LogP contribution in [0.3, 0.4) is 0 Å². The van der Waals surface area contributed by atoms with Crippen molar-refractivity contribution in [1.29, 1.82) is 0 Å². The maximum Gasteiger partial charge on any atom is 0.169 e. The van der Waals surface area contributed by atoms with Gasteiger partial charge < -0.3 is 25.2 Å². The number of carbonyl (C=O) groups is 1. The van der Waals surface area contributed by atoms with Gasteiger partial charge in [0, 0.05) is 18.1 Å². The van der Waals surface area contributed by atoms with Gasteiger partial charge in [-0.15, -0.1) is 0 Å². The van der Waals surface area contributed by atoms with Gasteiger partial charge in [0.1, 0.15) is 17.1 Å². The first-order valence-corrected chi connectivity index (χ1v) is 10.2. The van der Waals surface area contributed by atoms with Crippen LogP contribution >= 0.6 is 0 Å². The molecule has 164 valence electrons. The first-order valence-electron chi connectivity index (χ1n) is 10.2. The number of carbonyl (C=O) groups excluding carboxylic acids is 1. The minimum Gasteiger partial charge on any atom is -0.508 e. The standard InChI is InChI=1S/C25H28O6/c1-15(2)20(27)11-13-25(3)12-10-18-16(5-9-22(29)24(18)31-25)4-8-21(28)19-7-6-17(26)14-23(19)30/h5-7,9-10,12,14,20,26-27,29-30H,1,4,8,11,13H2,2-3H3. The highest BCUT2D eigenvalue weighted by molar-refractivity contribution is 5.98. The van der Waals surface area contributed by atoms with E-state index in [0.29, 0.717) is 36.1 Å². The minimum atomic E-state index is -0.687. The third kappa shape index (κ3) is 5.09. The molecule has 3 rings (SSSR count). The van der Waals surface area contributed by atoms with Gasteiger partial charge in [-0.05, 0) is 62.9 Å². The normalized spacial score (nSPS) is 18.2. The van der Waals surface area contributed by atoms with E-state index in [1.807, 2.05) is 19.1 Å². The molecule has 2 aromatic rings. The average Bonchev–Trinajstić information content (AvgIpc) is 2.71. The SMILES string of the molecule is C=C(C)C(O)CCC1(C)C=Cc2c(CCC(=O)c3ccc(O)cc3O)ccc(O)c2O1. The van der Waals surface area contributed by atoms with Gasteiger partial charge in [0.05, 0.1) is 11.7 Å². The predicted octanol–water partition coefficient (Wildman–Crippen LogP) is 4.50. The fourth-order valence-electron chi connectivity index (χ4n) is 3.61. The van der Waals surface area contributed by atoms with Crippen LogP contribution in [0.4, 0.5) is 0 Å². The molecule has 1 heterocycles. The Morgan fingerprint density at radius 3 is 2.58 bits per heavy atom. The molecular formula is C25H28O6. The molecule has 0 aromatic heterocycles. The van der Waals surface area contributed by atoms with E-state index in [9.17, 15) is 25.2 Å². The lowest BCUT2D eigenvalue weighted by molar-refractivity contribution is 0.0971. The lowest BCUT2D eigenvalue weighted by atomic mass is 9.90. The van der Waals surface area contributed by atoms with Crippen molar-refractivity contribution in [2.24, 2.45) is 0 Å². The van der Waals surface area contributed by atoms with Crippen LogP contribution in [0.15, 0.2) is 48.6 Å². The average molecular weight is 424 g/mol. The van der Waals surface area contributed by atoms with E-state index >= 15 is 0 Å². The van der Waals surface area contributed by atoms with Crippen LogP contribution in [0.2, 0.25) is 0 Å². The summed E-state index contributed by atoms with van der Waals surface area (Å²) in [6.45, 7) is 7.43. The second kappa shape index (κ2) is 8.86. The molecule has 0 spiro atoms. The lowest BCUT2D eigenvalue weighted by Crippen LogP contribution is -2.33. The fourth-order valence-corrected chi connectivity index (χ4v) is 3.61. The van der Waals surface area contributed by atoms with Gasteiger partial charge in [-0.1, -0.05) is 24.3 Å². The maximum absolute atomic E-state index is 12.5. The molecule has 0 fully saturated rings. The van der Waals surface area contributed by atoms with Crippen molar-refractivity contribution in [2.45, 2.75) is 51.2 Å². The smallest absolute Gasteiger partial charge is 0.169 e. The Balaban J connectivity index is 1.75. The number of phenols is 3. The van der Waals surface area contributed by atoms with Crippen LogP contribution in [0, 0.1) is 0 Å². The van der Waals surface area contributed by atoms with Crippen molar-refractivity contribution < 1.29 is 30.0 Å². The van der Waals surface area contributed by atoms with E-state index in [1.165, 1.54) is 12.1 Å². The highest BCUT2D eigenvalue weighted by Gasteiger charge is 2.31. The number of aliphatic hydroxyl groups is 1. The summed E-state index contributed by atoms with van der Waals surface area (Å²) in [5.41, 5.74) is 1.70. The number of Topliss-reactive ketones (excluding diaryl/α,β-unsaturated/α-hetero) is 1. The number of aliphatic hydroxyl groups excluding tert-OH is 1. The maximum atomic E-state index is 12.5. The zero-order chi connectivity index (χ0) is 22.8. The van der Waals surface area contributed by atoms with E-state index < -0.39 is 11.7 Å². The van der Waals surface area contributed by atoms with E-state index in [-0.39, 0.29) is 35.0 Å². The van der Waals surface area contributed by atoms with Gasteiger partial charge in [-0.3, -0.25) is 4.79 Å². The van der Waals surface area contributed by atoms with Crippen LogP contribution in [-0.4, -0.2) is 37.9 Å². The highest BCUT2D eigenvalue weighted by Crippen LogP contribution is 2.42. The number of hydrogen-bond acceptors (Lipinski definition) is 6. The number of fused-ring (bicyclic) bond motifs is 1. The van der Waals surface area contributed by atoms with Gasteiger partial charge in [-0.2, -0.15) is 0 Å². The molecule has 0 saturated heterocycles. The largest absolute Gasteiger partial charge is 0.508 e. The predicted molar refractivity (Wildman–Crippen MR) is 119 cm³/mol. The number of hydrogen-bond donors (Lipinski definition) is 4. The Kier molecular flexibility index (Phi) is 6.41. The highest BCUT2D eigenvalue weighted by atomic mass is 16.5. The molecule has 0 amide bonds. The Morgan fingerprint density at radius 1 is 1.16 bits per heavy atom. The zero-order valence-electron chi connectivity index (χ0n) is 17.8. The van der Waals surface area contributed by atoms with Gasteiger partial charge in [0.25, 0.3) is 0 Å². The zero-order valence-corrected chi connectivity index (χ0v) is 17.8. The van der Waals surface area contributed by atoms with Crippen molar-refractivity contribution in [3.8, 4) is 23.0 Å². The molecule has 1 aliphatic rings. The molecule has 0 aliphatic carbocycles. The molecule has 0 radical (unpaired) electrons. The number of ketones is 1. The Bertz CT molecular complexity index is 1040. The summed E-state index contributed by atoms with van der Waals surface area (Å²) in [6, 6.07) is 7.18. The van der Waals surface area contributed by atoms with Crippen molar-refractivity contribution in [2.75, 3.05) is 0 Å². The van der Waals surface area contributed by atoms with Crippen molar-refractivity contribution in [1.82, 2.24) is 0 Å². The van der Waals surface area contributed by atoms with Gasteiger partial charge >= 0.3 is 0 Å². The molecular weight excluding hydrogens is 396 g/mol. The fraction of sp³-hybridized carbons (Fsp3) is 0.320. The van der Waals surface area contributed by atoms with Crippen LogP contribution < -0.4 is 4.74 Å². The van der Waals surface area contributed by atoms with Gasteiger partial charge in [0.2, 0.25) is 0 Å². The van der Waals surface area contributed by atoms with Crippen molar-refractivity contribution >= 4 is 11.9 Å². The molecule has 2 atom stereocenters. The summed E-state index contributed by atoms with van der Waals surface area (Å²) in [5, 5.41) is 39.7. The Hall–Kier alpha value is -3.25. The van der Waals surface area contributed by atoms with E-state index in [0.717, 1.165) is 11.6 Å². The molecule has 0 bridgehead atoms. The summed E-state index contributed by atoms with van der Waals surface area (Å²) >= 11 is 0. The van der Waals surface area contributed by atoms with Crippen molar-refractivity contribution in [3.05, 3.63) is 65.3 Å². The van der Waals surface area contributed by atoms with Crippen molar-refractivity contribution in [3.63, 3.8) is 0 Å². The molecule has 1 aliphatic heterocycles. The van der Waals surface area contributed by atoms with Gasteiger partial charge in [0.15, 0.2) is 17.3 Å². The molecule has 31 heavy (non-hydrogen) atoms. The first kappa shape index (κ1) is 22.4.